The third-order valence-electron chi connectivity index (χ3n) is 4.59. The van der Waals surface area contributed by atoms with Gasteiger partial charge in [0.25, 0.3) is 0 Å². The molecule has 0 aliphatic carbocycles. The lowest BCUT2D eigenvalue weighted by Gasteiger charge is -2.17. The van der Waals surface area contributed by atoms with Crippen LogP contribution in [0, 0.1) is 0 Å². The fraction of sp³-hybridized carbons (Fsp3) is 0.143. The Morgan fingerprint density at radius 1 is 0.556 bits per heavy atom. The van der Waals surface area contributed by atoms with Crippen LogP contribution in [0.3, 0.4) is 0 Å². The van der Waals surface area contributed by atoms with Crippen LogP contribution in [-0.4, -0.2) is 50.3 Å². The quantitative estimate of drug-likeness (QED) is 0.226. The lowest BCUT2D eigenvalue weighted by atomic mass is 9.91. The second-order valence-corrected chi connectivity index (χ2v) is 7.04. The van der Waals surface area contributed by atoms with Crippen LogP contribution in [0.15, 0.2) is 87.0 Å². The summed E-state index contributed by atoms with van der Waals surface area (Å²) >= 11 is 0. The third-order valence-corrected chi connectivity index (χ3v) is 4.59. The number of carbonyl (C=O) groups excluding carboxylic acids is 4. The molecule has 0 aromatic heterocycles. The van der Waals surface area contributed by atoms with Crippen molar-refractivity contribution >= 4 is 23.9 Å². The highest BCUT2D eigenvalue weighted by Gasteiger charge is 2.30. The molecule has 2 aromatic rings. The predicted molar refractivity (Wildman–Crippen MR) is 134 cm³/mol. The average Bonchev–Trinajstić information content (AvgIpc) is 2.91. The van der Waals surface area contributed by atoms with Gasteiger partial charge in [-0.15, -0.1) is 0 Å². The van der Waals surface area contributed by atoms with Gasteiger partial charge in [0.2, 0.25) is 0 Å². The van der Waals surface area contributed by atoms with Gasteiger partial charge in [0.05, 0.1) is 22.3 Å². The second kappa shape index (κ2) is 13.9. The minimum absolute atomic E-state index is 0.0550. The minimum atomic E-state index is -0.947. The summed E-state index contributed by atoms with van der Waals surface area (Å²) in [6.07, 6.45) is 5.52. The van der Waals surface area contributed by atoms with Gasteiger partial charge in [-0.3, -0.25) is 0 Å². The fourth-order valence-corrected chi connectivity index (χ4v) is 3.07. The molecule has 36 heavy (non-hydrogen) atoms. The summed E-state index contributed by atoms with van der Waals surface area (Å²) < 4.78 is 20.5. The van der Waals surface area contributed by atoms with Crippen LogP contribution in [0.25, 0.3) is 11.1 Å². The van der Waals surface area contributed by atoms with Gasteiger partial charge in [0.15, 0.2) is 0 Å². The molecule has 0 aliphatic rings. The van der Waals surface area contributed by atoms with Gasteiger partial charge in [-0.2, -0.15) is 0 Å². The molecule has 2 rings (SSSR count). The fourth-order valence-electron chi connectivity index (χ4n) is 3.07. The molecule has 0 unspecified atom stereocenters. The van der Waals surface area contributed by atoms with Crippen LogP contribution in [0.1, 0.15) is 41.4 Å². The SMILES string of the molecule is C=CCOC(=O)c1ccc(-c2ccc(C(=O)OCC=C)c(C(=O)OCC=C)c2C(=O)OCC=C)cc1. The van der Waals surface area contributed by atoms with E-state index < -0.39 is 23.9 Å². The Balaban J connectivity index is 2.71. The van der Waals surface area contributed by atoms with Crippen LogP contribution in [0.5, 0.6) is 0 Å². The van der Waals surface area contributed by atoms with Gasteiger partial charge in [0, 0.05) is 0 Å². The number of esters is 4. The monoisotopic (exact) mass is 490 g/mol. The molecular formula is C28H26O8. The van der Waals surface area contributed by atoms with Gasteiger partial charge < -0.3 is 18.9 Å². The molecule has 0 spiro atoms. The topological polar surface area (TPSA) is 105 Å². The summed E-state index contributed by atoms with van der Waals surface area (Å²) in [4.78, 5) is 51.0. The molecule has 8 nitrogen and oxygen atoms in total. The summed E-state index contributed by atoms with van der Waals surface area (Å²) in [5.41, 5.74) is 0.273. The Morgan fingerprint density at radius 3 is 1.50 bits per heavy atom. The first-order valence-electron chi connectivity index (χ1n) is 10.8. The average molecular weight is 491 g/mol. The standard InChI is InChI=1S/C28H26O8/c1-5-15-33-25(29)20-11-9-19(10-12-20)21-13-14-22(26(30)34-16-6-2)24(28(32)36-18-8-4)23(21)27(31)35-17-7-3/h5-14H,1-4,15-18H2. The van der Waals surface area contributed by atoms with Crippen molar-refractivity contribution in [2.24, 2.45) is 0 Å². The lowest BCUT2D eigenvalue weighted by Crippen LogP contribution is -2.21. The van der Waals surface area contributed by atoms with E-state index in [0.717, 1.165) is 0 Å². The molecule has 0 heterocycles. The highest BCUT2D eigenvalue weighted by atomic mass is 16.5. The van der Waals surface area contributed by atoms with E-state index >= 15 is 0 Å². The first-order chi connectivity index (χ1) is 17.4. The van der Waals surface area contributed by atoms with Crippen LogP contribution in [0.2, 0.25) is 0 Å². The Kier molecular flexibility index (Phi) is 10.6. The van der Waals surface area contributed by atoms with E-state index in [4.69, 9.17) is 18.9 Å². The molecule has 0 radical (unpaired) electrons. The summed E-state index contributed by atoms with van der Waals surface area (Å²) in [5, 5.41) is 0. The van der Waals surface area contributed by atoms with Crippen molar-refractivity contribution in [3.05, 3.63) is 109 Å². The molecular weight excluding hydrogens is 464 g/mol. The molecule has 0 bridgehead atoms. The van der Waals surface area contributed by atoms with Crippen LogP contribution in [-0.2, 0) is 18.9 Å². The first-order valence-corrected chi connectivity index (χ1v) is 10.8. The maximum atomic E-state index is 13.1. The number of hydrogen-bond donors (Lipinski definition) is 0. The normalized spacial score (nSPS) is 9.89. The first kappa shape index (κ1) is 27.5. The van der Waals surface area contributed by atoms with Gasteiger partial charge in [-0.05, 0) is 29.3 Å². The number of rotatable bonds is 13. The van der Waals surface area contributed by atoms with Gasteiger partial charge in [0.1, 0.15) is 26.4 Å². The molecule has 0 amide bonds. The van der Waals surface area contributed by atoms with Crippen molar-refractivity contribution in [3.8, 4) is 11.1 Å². The van der Waals surface area contributed by atoms with E-state index in [-0.39, 0.29) is 54.2 Å². The zero-order valence-electron chi connectivity index (χ0n) is 19.7. The predicted octanol–water partition coefficient (Wildman–Crippen LogP) is 4.72. The van der Waals surface area contributed by atoms with Crippen molar-refractivity contribution in [2.45, 2.75) is 0 Å². The molecule has 0 saturated carbocycles. The Morgan fingerprint density at radius 2 is 1.00 bits per heavy atom. The molecule has 0 fully saturated rings. The van der Waals surface area contributed by atoms with Crippen LogP contribution in [0.4, 0.5) is 0 Å². The molecule has 0 saturated heterocycles. The van der Waals surface area contributed by atoms with Crippen molar-refractivity contribution in [2.75, 3.05) is 26.4 Å². The third kappa shape index (κ3) is 6.89. The minimum Gasteiger partial charge on any atom is -0.458 e. The van der Waals surface area contributed by atoms with E-state index in [0.29, 0.717) is 5.56 Å². The maximum Gasteiger partial charge on any atom is 0.340 e. The van der Waals surface area contributed by atoms with Crippen LogP contribution < -0.4 is 0 Å². The maximum absolute atomic E-state index is 13.1. The van der Waals surface area contributed by atoms with Crippen molar-refractivity contribution in [3.63, 3.8) is 0 Å². The zero-order chi connectivity index (χ0) is 26.5. The molecule has 2 aromatic carbocycles. The van der Waals surface area contributed by atoms with Gasteiger partial charge >= 0.3 is 23.9 Å². The lowest BCUT2D eigenvalue weighted by molar-refractivity contribution is 0.0483. The summed E-state index contributed by atoms with van der Waals surface area (Å²) in [7, 11) is 0. The number of ether oxygens (including phenoxy) is 4. The number of hydrogen-bond acceptors (Lipinski definition) is 8. The van der Waals surface area contributed by atoms with Crippen LogP contribution >= 0.6 is 0 Å². The van der Waals surface area contributed by atoms with Crippen molar-refractivity contribution < 1.29 is 38.1 Å². The summed E-state index contributed by atoms with van der Waals surface area (Å²) in [6.45, 7) is 13.7. The Hall–Kier alpha value is -4.72. The Bertz CT molecular complexity index is 1170. The largest absolute Gasteiger partial charge is 0.458 e. The summed E-state index contributed by atoms with van der Waals surface area (Å²) in [6, 6.07) is 8.96. The smallest absolute Gasteiger partial charge is 0.340 e. The van der Waals surface area contributed by atoms with E-state index in [1.54, 1.807) is 12.1 Å². The Labute approximate surface area is 209 Å². The molecule has 8 heteroatoms. The molecule has 0 atom stereocenters. The molecule has 0 N–H and O–H groups in total. The molecule has 0 aliphatic heterocycles. The number of carbonyl (C=O) groups is 4. The number of benzene rings is 2. The van der Waals surface area contributed by atoms with E-state index in [1.807, 2.05) is 0 Å². The van der Waals surface area contributed by atoms with E-state index in [2.05, 4.69) is 26.3 Å². The van der Waals surface area contributed by atoms with E-state index in [9.17, 15) is 19.2 Å². The van der Waals surface area contributed by atoms with Crippen molar-refractivity contribution in [1.29, 1.82) is 0 Å². The van der Waals surface area contributed by atoms with Gasteiger partial charge in [-0.1, -0.05) is 68.8 Å². The summed E-state index contributed by atoms with van der Waals surface area (Å²) in [5.74, 6) is -3.24. The van der Waals surface area contributed by atoms with Gasteiger partial charge in [-0.25, -0.2) is 19.2 Å². The second-order valence-electron chi connectivity index (χ2n) is 7.04. The zero-order valence-corrected chi connectivity index (χ0v) is 19.7. The highest BCUT2D eigenvalue weighted by Crippen LogP contribution is 2.31. The van der Waals surface area contributed by atoms with Crippen molar-refractivity contribution in [1.82, 2.24) is 0 Å². The molecule has 186 valence electrons. The highest BCUT2D eigenvalue weighted by molar-refractivity contribution is 6.13. The van der Waals surface area contributed by atoms with E-state index in [1.165, 1.54) is 48.6 Å².